The summed E-state index contributed by atoms with van der Waals surface area (Å²) in [6.45, 7) is 6.84. The Morgan fingerprint density at radius 2 is 1.68 bits per heavy atom. The molecule has 0 aliphatic heterocycles. The van der Waals surface area contributed by atoms with Crippen LogP contribution in [0.4, 0.5) is 0 Å². The molecular formula is C18H21O3P. The molecule has 0 aromatic carbocycles. The highest BCUT2D eigenvalue weighted by Crippen LogP contribution is 2.74. The van der Waals surface area contributed by atoms with Gasteiger partial charge in [0.25, 0.3) is 0 Å². The van der Waals surface area contributed by atoms with E-state index in [9.17, 15) is 4.57 Å². The molecule has 2 heterocycles. The summed E-state index contributed by atoms with van der Waals surface area (Å²) in [5, 5.41) is 1.02. The lowest BCUT2D eigenvalue weighted by atomic mass is 9.70. The molecule has 0 N–H and O–H groups in total. The van der Waals surface area contributed by atoms with Crippen LogP contribution in [0.2, 0.25) is 0 Å². The Balaban J connectivity index is 1.96. The van der Waals surface area contributed by atoms with E-state index in [4.69, 9.17) is 8.83 Å². The summed E-state index contributed by atoms with van der Waals surface area (Å²) in [5.41, 5.74) is 1.10. The van der Waals surface area contributed by atoms with Crippen LogP contribution in [0, 0.1) is 16.7 Å². The first-order chi connectivity index (χ1) is 10.4. The molecule has 2 aliphatic rings. The van der Waals surface area contributed by atoms with Crippen molar-refractivity contribution in [1.29, 1.82) is 0 Å². The molecule has 1 saturated carbocycles. The normalized spacial score (nSPS) is 29.8. The van der Waals surface area contributed by atoms with Crippen molar-refractivity contribution in [3.63, 3.8) is 0 Å². The summed E-state index contributed by atoms with van der Waals surface area (Å²) >= 11 is 0. The average molecular weight is 316 g/mol. The molecule has 4 rings (SSSR count). The minimum absolute atomic E-state index is 0.0766. The van der Waals surface area contributed by atoms with Crippen LogP contribution in [0.1, 0.15) is 33.6 Å². The van der Waals surface area contributed by atoms with Gasteiger partial charge in [-0.05, 0) is 48.4 Å². The number of furan rings is 2. The van der Waals surface area contributed by atoms with Crippen LogP contribution in [-0.4, -0.2) is 0 Å². The molecule has 2 bridgehead atoms. The second-order valence-electron chi connectivity index (χ2n) is 7.26. The summed E-state index contributed by atoms with van der Waals surface area (Å²) in [5.74, 6) is 0.478. The molecule has 2 atom stereocenters. The minimum Gasteiger partial charge on any atom is -0.461 e. The Morgan fingerprint density at radius 1 is 1.09 bits per heavy atom. The average Bonchev–Trinajstić information content (AvgIpc) is 3.24. The lowest BCUT2D eigenvalue weighted by Gasteiger charge is -2.39. The van der Waals surface area contributed by atoms with Gasteiger partial charge in [-0.3, -0.25) is 0 Å². The van der Waals surface area contributed by atoms with Crippen molar-refractivity contribution in [3.05, 3.63) is 48.2 Å². The Hall–Kier alpha value is -1.47. The van der Waals surface area contributed by atoms with Gasteiger partial charge in [-0.2, -0.15) is 0 Å². The summed E-state index contributed by atoms with van der Waals surface area (Å²) in [7, 11) is -3.04. The lowest BCUT2D eigenvalue weighted by Crippen LogP contribution is -2.32. The van der Waals surface area contributed by atoms with Gasteiger partial charge in [0.1, 0.15) is 0 Å². The van der Waals surface area contributed by atoms with Crippen LogP contribution < -0.4 is 11.0 Å². The van der Waals surface area contributed by atoms with E-state index in [2.05, 4.69) is 26.8 Å². The van der Waals surface area contributed by atoms with E-state index < -0.39 is 7.14 Å². The zero-order valence-corrected chi connectivity index (χ0v) is 14.1. The van der Waals surface area contributed by atoms with E-state index in [1.165, 1.54) is 6.42 Å². The molecule has 3 nitrogen and oxygen atoms in total. The molecule has 1 fully saturated rings. The summed E-state index contributed by atoms with van der Waals surface area (Å²) in [6.07, 6.45) is 7.67. The van der Waals surface area contributed by atoms with E-state index in [0.29, 0.717) is 16.9 Å². The zero-order valence-electron chi connectivity index (χ0n) is 13.2. The minimum atomic E-state index is -3.04. The molecule has 22 heavy (non-hydrogen) atoms. The highest BCUT2D eigenvalue weighted by Gasteiger charge is 2.62. The van der Waals surface area contributed by atoms with Gasteiger partial charge >= 0.3 is 0 Å². The second kappa shape index (κ2) is 4.29. The third kappa shape index (κ3) is 1.50. The lowest BCUT2D eigenvalue weighted by molar-refractivity contribution is 0.177. The topological polar surface area (TPSA) is 43.4 Å². The van der Waals surface area contributed by atoms with Crippen molar-refractivity contribution in [3.8, 4) is 0 Å². The molecule has 4 heteroatoms. The SMILES string of the molecule is CC1(C)[C@H]2C=C(P(=O)(c3ccco3)c3ccco3)[C@]1(C)CC2. The first kappa shape index (κ1) is 14.1. The highest BCUT2D eigenvalue weighted by atomic mass is 31.2. The van der Waals surface area contributed by atoms with Crippen molar-refractivity contribution < 1.29 is 13.4 Å². The fourth-order valence-electron chi connectivity index (χ4n) is 4.36. The Morgan fingerprint density at radius 3 is 2.05 bits per heavy atom. The summed E-state index contributed by atoms with van der Waals surface area (Å²) in [4.78, 5) is 0. The van der Waals surface area contributed by atoms with E-state index >= 15 is 0 Å². The Labute approximate surface area is 130 Å². The molecule has 2 aliphatic carbocycles. The molecule has 116 valence electrons. The molecular weight excluding hydrogens is 295 g/mol. The predicted molar refractivity (Wildman–Crippen MR) is 87.0 cm³/mol. The van der Waals surface area contributed by atoms with E-state index in [1.54, 1.807) is 24.7 Å². The van der Waals surface area contributed by atoms with Crippen molar-refractivity contribution in [2.24, 2.45) is 16.7 Å². The van der Waals surface area contributed by atoms with Gasteiger partial charge in [0.15, 0.2) is 11.0 Å². The monoisotopic (exact) mass is 316 g/mol. The summed E-state index contributed by atoms with van der Waals surface area (Å²) < 4.78 is 25.4. The smallest absolute Gasteiger partial charge is 0.234 e. The first-order valence-corrected chi connectivity index (χ1v) is 9.52. The van der Waals surface area contributed by atoms with Gasteiger partial charge in [-0.25, -0.2) is 0 Å². The molecule has 0 unspecified atom stereocenters. The maximum Gasteiger partial charge on any atom is 0.234 e. The number of rotatable bonds is 3. The number of allylic oxidation sites excluding steroid dienone is 2. The highest BCUT2D eigenvalue weighted by molar-refractivity contribution is 7.81. The van der Waals surface area contributed by atoms with E-state index in [0.717, 1.165) is 11.7 Å². The zero-order chi connectivity index (χ0) is 15.6. The van der Waals surface area contributed by atoms with Gasteiger partial charge in [0.05, 0.1) is 12.5 Å². The molecule has 0 amide bonds. The van der Waals surface area contributed by atoms with Crippen molar-refractivity contribution in [2.45, 2.75) is 33.6 Å². The van der Waals surface area contributed by atoms with Gasteiger partial charge in [0.2, 0.25) is 7.14 Å². The van der Waals surface area contributed by atoms with Crippen LogP contribution >= 0.6 is 7.14 Å². The Bertz CT molecular complexity index is 729. The number of hydrogen-bond acceptors (Lipinski definition) is 3. The maximum absolute atomic E-state index is 14.2. The van der Waals surface area contributed by atoms with Crippen molar-refractivity contribution in [2.75, 3.05) is 0 Å². The van der Waals surface area contributed by atoms with E-state index in [1.807, 2.05) is 12.1 Å². The maximum atomic E-state index is 14.2. The predicted octanol–water partition coefficient (Wildman–Crippen LogP) is 4.53. The standard InChI is InChI=1S/C18H21O3P/c1-17(2)13-8-9-18(17,3)14(12-13)22(19,15-6-4-10-20-15)16-7-5-11-21-16/h4-7,10-13H,8-9H2,1-3H3/t13-,18+/m1/s1. The van der Waals surface area contributed by atoms with Gasteiger partial charge in [-0.1, -0.05) is 26.8 Å². The third-order valence-electron chi connectivity index (χ3n) is 6.20. The van der Waals surface area contributed by atoms with Crippen LogP contribution in [0.5, 0.6) is 0 Å². The third-order valence-corrected chi connectivity index (χ3v) is 9.27. The van der Waals surface area contributed by atoms with Crippen molar-refractivity contribution in [1.82, 2.24) is 0 Å². The molecule has 0 saturated heterocycles. The van der Waals surface area contributed by atoms with Crippen molar-refractivity contribution >= 4 is 18.1 Å². The molecule has 0 spiro atoms. The fourth-order valence-corrected chi connectivity index (χ4v) is 7.54. The van der Waals surface area contributed by atoms with Crippen LogP contribution in [0.25, 0.3) is 0 Å². The largest absolute Gasteiger partial charge is 0.461 e. The summed E-state index contributed by atoms with van der Waals surface area (Å²) in [6, 6.07) is 7.22. The quantitative estimate of drug-likeness (QED) is 0.782. The molecule has 2 aromatic rings. The van der Waals surface area contributed by atoms with Crippen LogP contribution in [0.15, 0.2) is 57.0 Å². The van der Waals surface area contributed by atoms with Crippen LogP contribution in [0.3, 0.4) is 0 Å². The van der Waals surface area contributed by atoms with Gasteiger partial charge < -0.3 is 13.4 Å². The van der Waals surface area contributed by atoms with Gasteiger partial charge in [-0.15, -0.1) is 0 Å². The molecule has 0 radical (unpaired) electrons. The molecule has 2 aromatic heterocycles. The fraction of sp³-hybridized carbons (Fsp3) is 0.444. The first-order valence-electron chi connectivity index (χ1n) is 7.82. The van der Waals surface area contributed by atoms with Crippen LogP contribution in [-0.2, 0) is 4.57 Å². The number of hydrogen-bond donors (Lipinski definition) is 0. The van der Waals surface area contributed by atoms with E-state index in [-0.39, 0.29) is 10.8 Å². The second-order valence-corrected chi connectivity index (χ2v) is 9.84. The number of fused-ring (bicyclic) bond motifs is 2. The van der Waals surface area contributed by atoms with Gasteiger partial charge in [0, 0.05) is 10.7 Å². The Kier molecular flexibility index (Phi) is 2.76.